The molecule has 134 valence electrons. The van der Waals surface area contributed by atoms with Gasteiger partial charge in [-0.3, -0.25) is 9.78 Å². The van der Waals surface area contributed by atoms with Crippen molar-refractivity contribution in [1.82, 2.24) is 4.98 Å². The van der Waals surface area contributed by atoms with Gasteiger partial charge in [-0.1, -0.05) is 70.1 Å². The van der Waals surface area contributed by atoms with E-state index in [2.05, 4.69) is 17.2 Å². The first-order valence-electron chi connectivity index (χ1n) is 9.90. The second-order valence-corrected chi connectivity index (χ2v) is 7.52. The van der Waals surface area contributed by atoms with Crippen LogP contribution in [0.2, 0.25) is 0 Å². The van der Waals surface area contributed by atoms with Crippen molar-refractivity contribution in [3.8, 4) is 0 Å². The predicted molar refractivity (Wildman–Crippen MR) is 105 cm³/mol. The summed E-state index contributed by atoms with van der Waals surface area (Å²) < 4.78 is 0. The lowest BCUT2D eigenvalue weighted by Gasteiger charge is -2.36. The van der Waals surface area contributed by atoms with E-state index in [9.17, 15) is 4.79 Å². The number of unbranched alkanes of at least 4 members (excludes halogenated alkanes) is 3. The standard InChI is InChI=1S/C22H30N2O/c1-2-3-4-8-13-22(14-9-5-10-15-22)21(25)24-19-16-18-11-6-7-12-20(18)23-17-19/h6-7,11-12,16-17H,2-5,8-10,13-15H2,1H3,(H,24,25). The van der Waals surface area contributed by atoms with Crippen LogP contribution in [-0.2, 0) is 4.79 Å². The molecule has 1 N–H and O–H groups in total. The van der Waals surface area contributed by atoms with Crippen molar-refractivity contribution < 1.29 is 4.79 Å². The number of benzene rings is 1. The van der Waals surface area contributed by atoms with E-state index in [1.165, 1.54) is 38.5 Å². The average Bonchev–Trinajstić information content (AvgIpc) is 2.66. The molecule has 1 aliphatic carbocycles. The summed E-state index contributed by atoms with van der Waals surface area (Å²) in [5.41, 5.74) is 1.62. The summed E-state index contributed by atoms with van der Waals surface area (Å²) in [4.78, 5) is 17.6. The van der Waals surface area contributed by atoms with Crippen molar-refractivity contribution in [2.24, 2.45) is 5.41 Å². The maximum absolute atomic E-state index is 13.2. The number of aromatic nitrogens is 1. The number of fused-ring (bicyclic) bond motifs is 1. The van der Waals surface area contributed by atoms with Crippen molar-refractivity contribution in [2.75, 3.05) is 5.32 Å². The van der Waals surface area contributed by atoms with Crippen LogP contribution in [0.3, 0.4) is 0 Å². The quantitative estimate of drug-likeness (QED) is 0.620. The highest BCUT2D eigenvalue weighted by Gasteiger charge is 2.38. The van der Waals surface area contributed by atoms with Crippen molar-refractivity contribution >= 4 is 22.5 Å². The molecule has 3 nitrogen and oxygen atoms in total. The molecule has 0 radical (unpaired) electrons. The van der Waals surface area contributed by atoms with E-state index >= 15 is 0 Å². The third kappa shape index (κ3) is 4.39. The molecule has 1 aromatic heterocycles. The number of hydrogen-bond donors (Lipinski definition) is 1. The third-order valence-electron chi connectivity index (χ3n) is 5.65. The number of carbonyl (C=O) groups is 1. The average molecular weight is 338 g/mol. The van der Waals surface area contributed by atoms with Crippen LogP contribution in [0.5, 0.6) is 0 Å². The van der Waals surface area contributed by atoms with Crippen LogP contribution >= 0.6 is 0 Å². The molecule has 25 heavy (non-hydrogen) atoms. The molecule has 0 bridgehead atoms. The Morgan fingerprint density at radius 1 is 1.12 bits per heavy atom. The summed E-state index contributed by atoms with van der Waals surface area (Å²) in [6, 6.07) is 10.1. The van der Waals surface area contributed by atoms with Gasteiger partial charge in [-0.15, -0.1) is 0 Å². The fourth-order valence-electron chi connectivity index (χ4n) is 4.11. The summed E-state index contributed by atoms with van der Waals surface area (Å²) in [5, 5.41) is 4.25. The van der Waals surface area contributed by atoms with Gasteiger partial charge >= 0.3 is 0 Å². The van der Waals surface area contributed by atoms with Crippen molar-refractivity contribution in [3.05, 3.63) is 36.5 Å². The molecule has 1 aliphatic rings. The van der Waals surface area contributed by atoms with Gasteiger partial charge in [0.05, 0.1) is 17.4 Å². The van der Waals surface area contributed by atoms with Gasteiger partial charge in [0.2, 0.25) is 5.91 Å². The number of hydrogen-bond acceptors (Lipinski definition) is 2. The van der Waals surface area contributed by atoms with Gasteiger partial charge < -0.3 is 5.32 Å². The molecular weight excluding hydrogens is 308 g/mol. The first kappa shape index (κ1) is 17.9. The number of amides is 1. The largest absolute Gasteiger partial charge is 0.324 e. The SMILES string of the molecule is CCCCCCC1(C(=O)Nc2cnc3ccccc3c2)CCCCC1. The Balaban J connectivity index is 1.72. The smallest absolute Gasteiger partial charge is 0.230 e. The van der Waals surface area contributed by atoms with Crippen LogP contribution in [0.4, 0.5) is 5.69 Å². The second kappa shape index (κ2) is 8.46. The molecule has 1 heterocycles. The van der Waals surface area contributed by atoms with E-state index in [-0.39, 0.29) is 11.3 Å². The lowest BCUT2D eigenvalue weighted by molar-refractivity contribution is -0.128. The summed E-state index contributed by atoms with van der Waals surface area (Å²) in [7, 11) is 0. The van der Waals surface area contributed by atoms with Gasteiger partial charge in [0.25, 0.3) is 0 Å². The fraction of sp³-hybridized carbons (Fsp3) is 0.545. The van der Waals surface area contributed by atoms with Crippen LogP contribution in [0, 0.1) is 5.41 Å². The lowest BCUT2D eigenvalue weighted by atomic mass is 9.70. The number of para-hydroxylation sites is 1. The Morgan fingerprint density at radius 3 is 2.72 bits per heavy atom. The maximum Gasteiger partial charge on any atom is 0.230 e. The van der Waals surface area contributed by atoms with Crippen molar-refractivity contribution in [1.29, 1.82) is 0 Å². The zero-order valence-corrected chi connectivity index (χ0v) is 15.4. The van der Waals surface area contributed by atoms with Crippen molar-refractivity contribution in [2.45, 2.75) is 71.1 Å². The van der Waals surface area contributed by atoms with Crippen LogP contribution in [-0.4, -0.2) is 10.9 Å². The van der Waals surface area contributed by atoms with E-state index < -0.39 is 0 Å². The minimum absolute atomic E-state index is 0.169. The highest BCUT2D eigenvalue weighted by Crippen LogP contribution is 2.41. The molecule has 3 rings (SSSR count). The third-order valence-corrected chi connectivity index (χ3v) is 5.65. The Kier molecular flexibility index (Phi) is 6.06. The van der Waals surface area contributed by atoms with Gasteiger partial charge in [0, 0.05) is 10.8 Å². The topological polar surface area (TPSA) is 42.0 Å². The van der Waals surface area contributed by atoms with Crippen LogP contribution in [0.15, 0.2) is 36.5 Å². The number of nitrogens with one attached hydrogen (secondary N) is 1. The Hall–Kier alpha value is -1.90. The lowest BCUT2D eigenvalue weighted by Crippen LogP contribution is -2.38. The minimum Gasteiger partial charge on any atom is -0.324 e. The fourth-order valence-corrected chi connectivity index (χ4v) is 4.11. The maximum atomic E-state index is 13.2. The van der Waals surface area contributed by atoms with Crippen molar-refractivity contribution in [3.63, 3.8) is 0 Å². The van der Waals surface area contributed by atoms with E-state index in [4.69, 9.17) is 0 Å². The van der Waals surface area contributed by atoms with Gasteiger partial charge in [0.15, 0.2) is 0 Å². The van der Waals surface area contributed by atoms with Crippen LogP contribution in [0.1, 0.15) is 71.1 Å². The van der Waals surface area contributed by atoms with E-state index in [1.54, 1.807) is 6.20 Å². The predicted octanol–water partition coefficient (Wildman–Crippen LogP) is 6.09. The molecular formula is C22H30N2O. The molecule has 1 fully saturated rings. The molecule has 1 amide bonds. The normalized spacial score (nSPS) is 16.7. The number of pyridine rings is 1. The number of rotatable bonds is 7. The van der Waals surface area contributed by atoms with E-state index in [1.807, 2.05) is 30.3 Å². The number of anilines is 1. The van der Waals surface area contributed by atoms with Gasteiger partial charge in [0.1, 0.15) is 0 Å². The molecule has 0 spiro atoms. The first-order chi connectivity index (χ1) is 12.2. The molecule has 0 aliphatic heterocycles. The molecule has 0 atom stereocenters. The van der Waals surface area contributed by atoms with Gasteiger partial charge in [-0.25, -0.2) is 0 Å². The summed E-state index contributed by atoms with van der Waals surface area (Å²) in [6.07, 6.45) is 13.4. The molecule has 0 unspecified atom stereocenters. The van der Waals surface area contributed by atoms with Crippen LogP contribution in [0.25, 0.3) is 10.9 Å². The van der Waals surface area contributed by atoms with Gasteiger partial charge in [-0.05, 0) is 31.4 Å². The molecule has 1 aromatic carbocycles. The molecule has 3 heteroatoms. The zero-order valence-electron chi connectivity index (χ0n) is 15.4. The highest BCUT2D eigenvalue weighted by atomic mass is 16.2. The first-order valence-corrected chi connectivity index (χ1v) is 9.90. The summed E-state index contributed by atoms with van der Waals surface area (Å²) in [6.45, 7) is 2.23. The number of carbonyl (C=O) groups excluding carboxylic acids is 1. The summed E-state index contributed by atoms with van der Waals surface area (Å²) in [5.74, 6) is 0.209. The van der Waals surface area contributed by atoms with E-state index in [0.717, 1.165) is 42.3 Å². The monoisotopic (exact) mass is 338 g/mol. The minimum atomic E-state index is -0.169. The molecule has 0 saturated heterocycles. The zero-order chi connectivity index (χ0) is 17.5. The van der Waals surface area contributed by atoms with E-state index in [0.29, 0.717) is 0 Å². The highest BCUT2D eigenvalue weighted by molar-refractivity contribution is 5.96. The van der Waals surface area contributed by atoms with Gasteiger partial charge in [-0.2, -0.15) is 0 Å². The number of nitrogens with zero attached hydrogens (tertiary/aromatic N) is 1. The Labute approximate surface area is 151 Å². The Bertz CT molecular complexity index is 704. The van der Waals surface area contributed by atoms with Crippen LogP contribution < -0.4 is 5.32 Å². The second-order valence-electron chi connectivity index (χ2n) is 7.52. The molecule has 2 aromatic rings. The Morgan fingerprint density at radius 2 is 1.92 bits per heavy atom. The summed E-state index contributed by atoms with van der Waals surface area (Å²) >= 11 is 0. The molecule has 1 saturated carbocycles.